The predicted molar refractivity (Wildman–Crippen MR) is 111 cm³/mol. The molecule has 2 aliphatic heterocycles. The first-order chi connectivity index (χ1) is 13.1. The second-order valence-corrected chi connectivity index (χ2v) is 7.71. The highest BCUT2D eigenvalue weighted by Gasteiger charge is 2.47. The molecule has 1 amide bonds. The van der Waals surface area contributed by atoms with Gasteiger partial charge in [-0.05, 0) is 53.5 Å². The van der Waals surface area contributed by atoms with Crippen molar-refractivity contribution in [3.05, 3.63) is 81.8 Å². The van der Waals surface area contributed by atoms with Crippen LogP contribution in [0.5, 0.6) is 0 Å². The molecule has 27 heavy (non-hydrogen) atoms. The fourth-order valence-corrected chi connectivity index (χ4v) is 3.91. The number of fused-ring (bicyclic) bond motifs is 3. The molecule has 1 atom stereocenters. The van der Waals surface area contributed by atoms with Crippen LogP contribution in [0.25, 0.3) is 0 Å². The summed E-state index contributed by atoms with van der Waals surface area (Å²) < 4.78 is 2.59. The lowest BCUT2D eigenvalue weighted by molar-refractivity contribution is -0.367. The van der Waals surface area contributed by atoms with Crippen molar-refractivity contribution in [3.63, 3.8) is 0 Å². The second-order valence-electron chi connectivity index (χ2n) is 6.35. The van der Waals surface area contributed by atoms with Crippen LogP contribution in [-0.4, -0.2) is 27.7 Å². The molecule has 130 valence electrons. The summed E-state index contributed by atoms with van der Waals surface area (Å²) in [5, 5.41) is 0.651. The molecule has 1 aliphatic carbocycles. The molecule has 2 heterocycles. The van der Waals surface area contributed by atoms with Gasteiger partial charge in [-0.2, -0.15) is 4.58 Å². The largest absolute Gasteiger partial charge is 0.357 e. The average molecular weight is 438 g/mol. The number of carbonyl (C=O) groups excluding carboxylic acids is 1. The molecule has 0 saturated carbocycles. The maximum Gasteiger partial charge on any atom is 0.357 e. The number of halogens is 2. The Morgan fingerprint density at radius 1 is 1.11 bits per heavy atom. The van der Waals surface area contributed by atoms with E-state index >= 15 is 0 Å². The maximum atomic E-state index is 13.2. The fraction of sp³-hybridized carbons (Fsp3) is 0.0476. The third kappa shape index (κ3) is 2.66. The summed E-state index contributed by atoms with van der Waals surface area (Å²) in [6.07, 6.45) is 7.54. The monoisotopic (exact) mass is 436 g/mol. The van der Waals surface area contributed by atoms with Crippen molar-refractivity contribution >= 4 is 62.1 Å². The fourth-order valence-electron chi connectivity index (χ4n) is 3.42. The van der Waals surface area contributed by atoms with E-state index in [0.717, 1.165) is 27.1 Å². The van der Waals surface area contributed by atoms with Crippen LogP contribution in [0.15, 0.2) is 81.2 Å². The zero-order valence-corrected chi connectivity index (χ0v) is 16.3. The van der Waals surface area contributed by atoms with Gasteiger partial charge in [-0.1, -0.05) is 45.8 Å². The molecular weight excluding hydrogens is 426 g/mol. The third-order valence-electron chi connectivity index (χ3n) is 4.67. The first-order valence-corrected chi connectivity index (χ1v) is 9.58. The predicted octanol–water partition coefficient (Wildman–Crippen LogP) is 5.00. The van der Waals surface area contributed by atoms with Gasteiger partial charge in [0, 0.05) is 9.50 Å². The summed E-state index contributed by atoms with van der Waals surface area (Å²) in [6, 6.07) is 13.1. The van der Waals surface area contributed by atoms with E-state index in [9.17, 15) is 4.79 Å². The lowest BCUT2D eigenvalue weighted by Gasteiger charge is -2.14. The summed E-state index contributed by atoms with van der Waals surface area (Å²) in [4.78, 5) is 22.8. The average Bonchev–Trinajstić information content (AvgIpc) is 2.97. The van der Waals surface area contributed by atoms with Gasteiger partial charge < -0.3 is 0 Å². The van der Waals surface area contributed by atoms with Crippen molar-refractivity contribution in [1.29, 1.82) is 0 Å². The molecule has 0 N–H and O–H groups in total. The molecule has 6 heteroatoms. The third-order valence-corrected chi connectivity index (χ3v) is 5.41. The Morgan fingerprint density at radius 3 is 2.74 bits per heavy atom. The summed E-state index contributed by atoms with van der Waals surface area (Å²) in [6.45, 7) is 0. The van der Waals surface area contributed by atoms with Crippen molar-refractivity contribution in [3.8, 4) is 0 Å². The van der Waals surface area contributed by atoms with Gasteiger partial charge in [-0.3, -0.25) is 0 Å². The van der Waals surface area contributed by atoms with Crippen LogP contribution in [-0.2, 0) is 4.79 Å². The minimum absolute atomic E-state index is 0.0134. The topological polar surface area (TPSA) is 44.8 Å². The highest BCUT2D eigenvalue weighted by atomic mass is 79.9. The summed E-state index contributed by atoms with van der Waals surface area (Å²) in [7, 11) is 0. The van der Waals surface area contributed by atoms with E-state index in [1.54, 1.807) is 16.7 Å². The Labute approximate surface area is 169 Å². The van der Waals surface area contributed by atoms with E-state index in [0.29, 0.717) is 16.6 Å². The van der Waals surface area contributed by atoms with Gasteiger partial charge in [0.05, 0.1) is 11.3 Å². The summed E-state index contributed by atoms with van der Waals surface area (Å²) in [5.74, 6) is 0.194. The number of allylic oxidation sites excluding steroid dienone is 3. The van der Waals surface area contributed by atoms with E-state index in [1.807, 2.05) is 54.6 Å². The Morgan fingerprint density at radius 2 is 1.93 bits per heavy atom. The molecule has 2 aromatic carbocycles. The molecule has 0 bridgehead atoms. The quantitative estimate of drug-likeness (QED) is 0.579. The van der Waals surface area contributed by atoms with Crippen LogP contribution in [0, 0.1) is 5.92 Å². The first kappa shape index (κ1) is 16.5. The van der Waals surface area contributed by atoms with E-state index in [-0.39, 0.29) is 11.8 Å². The molecule has 1 unspecified atom stereocenters. The summed E-state index contributed by atoms with van der Waals surface area (Å²) in [5.41, 5.74) is 3.85. The van der Waals surface area contributed by atoms with Gasteiger partial charge in [0.1, 0.15) is 11.6 Å². The van der Waals surface area contributed by atoms with Gasteiger partial charge >= 0.3 is 11.7 Å². The number of amidine groups is 1. The number of aliphatic imine (C=N–C) groups is 2. The van der Waals surface area contributed by atoms with Crippen molar-refractivity contribution in [2.45, 2.75) is 0 Å². The van der Waals surface area contributed by atoms with Crippen LogP contribution in [0.3, 0.4) is 0 Å². The molecule has 0 spiro atoms. The Kier molecular flexibility index (Phi) is 3.81. The molecule has 4 nitrogen and oxygen atoms in total. The van der Waals surface area contributed by atoms with Gasteiger partial charge in [0.25, 0.3) is 0 Å². The van der Waals surface area contributed by atoms with Crippen LogP contribution in [0.2, 0.25) is 5.02 Å². The SMILES string of the molecule is O=C1C2C=CC=CC2=NC2=[N+]1c1ccc(Br)cc1C2=Nc1ccc(Cl)cc1. The highest BCUT2D eigenvalue weighted by Crippen LogP contribution is 2.35. The number of rotatable bonds is 1. The molecule has 5 rings (SSSR count). The zero-order valence-electron chi connectivity index (χ0n) is 13.9. The molecule has 0 aromatic heterocycles. The lowest BCUT2D eigenvalue weighted by atomic mass is 9.96. The minimum atomic E-state index is -0.356. The van der Waals surface area contributed by atoms with Crippen LogP contribution < -0.4 is 0 Å². The molecule has 0 saturated heterocycles. The van der Waals surface area contributed by atoms with Crippen LogP contribution in [0.4, 0.5) is 11.4 Å². The molecule has 0 fully saturated rings. The van der Waals surface area contributed by atoms with Crippen LogP contribution in [0.1, 0.15) is 5.56 Å². The maximum absolute atomic E-state index is 13.2. The van der Waals surface area contributed by atoms with E-state index in [1.165, 1.54) is 0 Å². The van der Waals surface area contributed by atoms with Crippen molar-refractivity contribution < 1.29 is 9.37 Å². The zero-order chi connectivity index (χ0) is 18.5. The second kappa shape index (κ2) is 6.22. The Hall–Kier alpha value is -2.63. The first-order valence-electron chi connectivity index (χ1n) is 8.41. The smallest absolute Gasteiger partial charge is 0.245 e. The van der Waals surface area contributed by atoms with E-state index < -0.39 is 0 Å². The van der Waals surface area contributed by atoms with Gasteiger partial charge in [-0.15, -0.1) is 0 Å². The summed E-state index contributed by atoms with van der Waals surface area (Å²) >= 11 is 9.51. The number of carbonyl (C=O) groups is 1. The van der Waals surface area contributed by atoms with Crippen molar-refractivity contribution in [1.82, 2.24) is 0 Å². The number of hydrogen-bond donors (Lipinski definition) is 0. The van der Waals surface area contributed by atoms with Crippen molar-refractivity contribution in [2.75, 3.05) is 0 Å². The molecular formula is C21H12BrClN3O+. The normalized spacial score (nSPS) is 21.3. The number of benzene rings is 2. The van der Waals surface area contributed by atoms with Gasteiger partial charge in [0.15, 0.2) is 11.4 Å². The van der Waals surface area contributed by atoms with Gasteiger partial charge in [0.2, 0.25) is 0 Å². The number of hydrogen-bond acceptors (Lipinski definition) is 3. The van der Waals surface area contributed by atoms with Gasteiger partial charge in [-0.25, -0.2) is 9.79 Å². The Balaban J connectivity index is 1.75. The molecule has 2 aromatic rings. The van der Waals surface area contributed by atoms with E-state index in [2.05, 4.69) is 15.9 Å². The number of nitrogens with zero attached hydrogens (tertiary/aromatic N) is 3. The number of amides is 1. The standard InChI is InChI=1S/C21H12BrClN3O/c22-12-5-10-18-16(11-12)19(24-14-8-6-13(23)7-9-14)20-25-17-4-2-1-3-15(17)21(27)26(18)20/h1-11,15H/q+1. The van der Waals surface area contributed by atoms with Crippen LogP contribution >= 0.6 is 27.5 Å². The Bertz CT molecular complexity index is 1160. The van der Waals surface area contributed by atoms with Crippen molar-refractivity contribution in [2.24, 2.45) is 15.9 Å². The minimum Gasteiger partial charge on any atom is -0.245 e. The van der Waals surface area contributed by atoms with E-state index in [4.69, 9.17) is 21.6 Å². The molecule has 0 radical (unpaired) electrons. The highest BCUT2D eigenvalue weighted by molar-refractivity contribution is 9.10. The molecule has 3 aliphatic rings. The lowest BCUT2D eigenvalue weighted by Crippen LogP contribution is -2.37.